The van der Waals surface area contributed by atoms with E-state index < -0.39 is 0 Å². The first-order chi connectivity index (χ1) is 8.78. The van der Waals surface area contributed by atoms with Crippen LogP contribution in [0.25, 0.3) is 0 Å². The van der Waals surface area contributed by atoms with Gasteiger partial charge in [-0.05, 0) is 69.2 Å². The second-order valence-corrected chi connectivity index (χ2v) is 5.49. The Balaban J connectivity index is 1.68. The molecule has 0 amide bonds. The van der Waals surface area contributed by atoms with Crippen LogP contribution >= 0.6 is 0 Å². The molecule has 0 aliphatic carbocycles. The molecule has 1 aliphatic rings. The summed E-state index contributed by atoms with van der Waals surface area (Å²) < 4.78 is 5.17. The van der Waals surface area contributed by atoms with Crippen molar-refractivity contribution in [3.8, 4) is 5.75 Å². The molecule has 2 nitrogen and oxygen atoms in total. The number of hydrogen-bond acceptors (Lipinski definition) is 2. The fourth-order valence-electron chi connectivity index (χ4n) is 2.69. The summed E-state index contributed by atoms with van der Waals surface area (Å²) in [7, 11) is 1.71. The molecule has 0 bridgehead atoms. The van der Waals surface area contributed by atoms with E-state index in [0.29, 0.717) is 0 Å². The zero-order valence-corrected chi connectivity index (χ0v) is 11.6. The Labute approximate surface area is 111 Å². The molecule has 2 rings (SSSR count). The van der Waals surface area contributed by atoms with Gasteiger partial charge in [0.2, 0.25) is 0 Å². The topological polar surface area (TPSA) is 21.3 Å². The molecule has 100 valence electrons. The van der Waals surface area contributed by atoms with Gasteiger partial charge in [-0.2, -0.15) is 0 Å². The van der Waals surface area contributed by atoms with Crippen molar-refractivity contribution >= 4 is 0 Å². The van der Waals surface area contributed by atoms with Gasteiger partial charge in [0.25, 0.3) is 0 Å². The molecule has 1 aromatic rings. The lowest BCUT2D eigenvalue weighted by Gasteiger charge is -2.27. The highest BCUT2D eigenvalue weighted by molar-refractivity contribution is 5.27. The van der Waals surface area contributed by atoms with Crippen LogP contribution in [0.1, 0.15) is 38.2 Å². The lowest BCUT2D eigenvalue weighted by atomic mass is 9.90. The predicted octanol–water partition coefficient (Wildman–Crippen LogP) is 3.41. The van der Waals surface area contributed by atoms with Gasteiger partial charge in [-0.3, -0.25) is 0 Å². The summed E-state index contributed by atoms with van der Waals surface area (Å²) in [5, 5.41) is 3.58. The van der Waals surface area contributed by atoms with E-state index in [1.54, 1.807) is 7.11 Å². The summed E-state index contributed by atoms with van der Waals surface area (Å²) in [4.78, 5) is 0. The van der Waals surface area contributed by atoms with Gasteiger partial charge in [-0.25, -0.2) is 0 Å². The first-order valence-electron chi connectivity index (χ1n) is 7.14. The number of piperidine rings is 1. The summed E-state index contributed by atoms with van der Waals surface area (Å²) in [6.07, 6.45) is 6.58. The zero-order valence-electron chi connectivity index (χ0n) is 11.6. The smallest absolute Gasteiger partial charge is 0.118 e. The number of hydrogen-bond donors (Lipinski definition) is 1. The maximum atomic E-state index is 5.17. The Morgan fingerprint density at radius 3 is 2.61 bits per heavy atom. The van der Waals surface area contributed by atoms with Crippen LogP contribution in [-0.4, -0.2) is 19.7 Å². The minimum absolute atomic E-state index is 0.725. The van der Waals surface area contributed by atoms with Crippen molar-refractivity contribution in [3.05, 3.63) is 29.8 Å². The fourth-order valence-corrected chi connectivity index (χ4v) is 2.69. The first kappa shape index (κ1) is 13.4. The van der Waals surface area contributed by atoms with Gasteiger partial charge >= 0.3 is 0 Å². The van der Waals surface area contributed by atoms with Crippen LogP contribution in [0.4, 0.5) is 0 Å². The number of methoxy groups -OCH3 is 1. The standard InChI is InChI=1S/C16H25NO/c1-13-6-7-15(12-17-13)5-3-4-14-8-10-16(18-2)11-9-14/h8-11,13,15,17H,3-7,12H2,1-2H3. The van der Waals surface area contributed by atoms with E-state index in [2.05, 4.69) is 36.5 Å². The Hall–Kier alpha value is -1.02. The molecule has 0 aromatic heterocycles. The molecule has 0 radical (unpaired) electrons. The molecule has 1 aromatic carbocycles. The van der Waals surface area contributed by atoms with Crippen LogP contribution in [0.2, 0.25) is 0 Å². The average molecular weight is 247 g/mol. The highest BCUT2D eigenvalue weighted by Gasteiger charge is 2.16. The maximum absolute atomic E-state index is 5.17. The molecule has 1 heterocycles. The van der Waals surface area contributed by atoms with Gasteiger partial charge in [-0.1, -0.05) is 12.1 Å². The molecular formula is C16H25NO. The van der Waals surface area contributed by atoms with Gasteiger partial charge in [0, 0.05) is 6.04 Å². The number of nitrogens with one attached hydrogen (secondary N) is 1. The average Bonchev–Trinajstić information content (AvgIpc) is 2.42. The zero-order chi connectivity index (χ0) is 12.8. The van der Waals surface area contributed by atoms with Crippen molar-refractivity contribution in [2.45, 2.75) is 45.1 Å². The molecule has 1 aliphatic heterocycles. The van der Waals surface area contributed by atoms with Gasteiger partial charge in [0.05, 0.1) is 7.11 Å². The van der Waals surface area contributed by atoms with E-state index >= 15 is 0 Å². The van der Waals surface area contributed by atoms with E-state index in [4.69, 9.17) is 4.74 Å². The second-order valence-electron chi connectivity index (χ2n) is 5.49. The molecule has 2 unspecified atom stereocenters. The van der Waals surface area contributed by atoms with Gasteiger partial charge in [0.15, 0.2) is 0 Å². The van der Waals surface area contributed by atoms with Crippen LogP contribution in [0.3, 0.4) is 0 Å². The summed E-state index contributed by atoms with van der Waals surface area (Å²) in [6, 6.07) is 9.20. The van der Waals surface area contributed by atoms with Gasteiger partial charge < -0.3 is 10.1 Å². The van der Waals surface area contributed by atoms with Crippen LogP contribution in [0, 0.1) is 5.92 Å². The second kappa shape index (κ2) is 6.79. The first-order valence-corrected chi connectivity index (χ1v) is 7.14. The molecule has 2 heteroatoms. The Kier molecular flexibility index (Phi) is 5.06. The Morgan fingerprint density at radius 1 is 1.22 bits per heavy atom. The number of rotatable bonds is 5. The van der Waals surface area contributed by atoms with Crippen molar-refractivity contribution in [3.63, 3.8) is 0 Å². The summed E-state index contributed by atoms with van der Waals surface area (Å²) in [5.41, 5.74) is 1.42. The molecule has 2 atom stereocenters. The third-order valence-corrected chi connectivity index (χ3v) is 4.00. The summed E-state index contributed by atoms with van der Waals surface area (Å²) in [6.45, 7) is 3.50. The SMILES string of the molecule is COc1ccc(CCCC2CCC(C)NC2)cc1. The molecule has 0 saturated carbocycles. The molecular weight excluding hydrogens is 222 g/mol. The highest BCUT2D eigenvalue weighted by Crippen LogP contribution is 2.20. The number of ether oxygens (including phenoxy) is 1. The largest absolute Gasteiger partial charge is 0.497 e. The minimum Gasteiger partial charge on any atom is -0.497 e. The number of benzene rings is 1. The Bertz CT molecular complexity index is 339. The number of aryl methyl sites for hydroxylation is 1. The molecule has 1 N–H and O–H groups in total. The summed E-state index contributed by atoms with van der Waals surface area (Å²) >= 11 is 0. The lowest BCUT2D eigenvalue weighted by molar-refractivity contribution is 0.304. The van der Waals surface area contributed by atoms with Crippen LogP contribution in [0.5, 0.6) is 5.75 Å². The predicted molar refractivity (Wildman–Crippen MR) is 76.1 cm³/mol. The van der Waals surface area contributed by atoms with Crippen molar-refractivity contribution in [2.24, 2.45) is 5.92 Å². The van der Waals surface area contributed by atoms with Crippen LogP contribution in [-0.2, 0) is 6.42 Å². The molecule has 1 saturated heterocycles. The molecule has 18 heavy (non-hydrogen) atoms. The molecule has 0 spiro atoms. The molecule has 1 fully saturated rings. The van der Waals surface area contributed by atoms with Crippen LogP contribution < -0.4 is 10.1 Å². The fraction of sp³-hybridized carbons (Fsp3) is 0.625. The van der Waals surface area contributed by atoms with Crippen molar-refractivity contribution < 1.29 is 4.74 Å². The monoisotopic (exact) mass is 247 g/mol. The van der Waals surface area contributed by atoms with Crippen molar-refractivity contribution in [1.29, 1.82) is 0 Å². The summed E-state index contributed by atoms with van der Waals surface area (Å²) in [5.74, 6) is 1.84. The van der Waals surface area contributed by atoms with Crippen molar-refractivity contribution in [1.82, 2.24) is 5.32 Å². The van der Waals surface area contributed by atoms with Gasteiger partial charge in [0.1, 0.15) is 5.75 Å². The third kappa shape index (κ3) is 4.02. The van der Waals surface area contributed by atoms with E-state index in [-0.39, 0.29) is 0 Å². The minimum atomic E-state index is 0.725. The van der Waals surface area contributed by atoms with E-state index in [1.165, 1.54) is 44.2 Å². The Morgan fingerprint density at radius 2 is 2.00 bits per heavy atom. The van der Waals surface area contributed by atoms with Crippen molar-refractivity contribution in [2.75, 3.05) is 13.7 Å². The van der Waals surface area contributed by atoms with Gasteiger partial charge in [-0.15, -0.1) is 0 Å². The third-order valence-electron chi connectivity index (χ3n) is 4.00. The quantitative estimate of drug-likeness (QED) is 0.861. The van der Waals surface area contributed by atoms with E-state index in [1.807, 2.05) is 0 Å². The lowest BCUT2D eigenvalue weighted by Crippen LogP contribution is -2.36. The highest BCUT2D eigenvalue weighted by atomic mass is 16.5. The van der Waals surface area contributed by atoms with E-state index in [0.717, 1.165) is 17.7 Å². The van der Waals surface area contributed by atoms with E-state index in [9.17, 15) is 0 Å². The normalized spacial score (nSPS) is 23.9. The van der Waals surface area contributed by atoms with Crippen LogP contribution in [0.15, 0.2) is 24.3 Å². The maximum Gasteiger partial charge on any atom is 0.118 e.